The minimum absolute atomic E-state index is 0.0787. The highest BCUT2D eigenvalue weighted by molar-refractivity contribution is 6.30. The summed E-state index contributed by atoms with van der Waals surface area (Å²) in [6.45, 7) is 9.27. The van der Waals surface area contributed by atoms with Crippen molar-refractivity contribution in [1.29, 1.82) is 0 Å². The van der Waals surface area contributed by atoms with E-state index in [9.17, 15) is 0 Å². The van der Waals surface area contributed by atoms with Gasteiger partial charge in [-0.15, -0.1) is 0 Å². The first kappa shape index (κ1) is 12.0. The van der Waals surface area contributed by atoms with Crippen molar-refractivity contribution in [2.45, 2.75) is 39.8 Å². The van der Waals surface area contributed by atoms with E-state index in [4.69, 9.17) is 0 Å². The minimum Gasteiger partial charge on any atom is -0.725 e. The van der Waals surface area contributed by atoms with Crippen LogP contribution in [0.4, 0.5) is 0 Å². The van der Waals surface area contributed by atoms with Crippen molar-refractivity contribution in [3.63, 3.8) is 0 Å². The number of hydrogen-bond donors (Lipinski definition) is 0. The quantitative estimate of drug-likeness (QED) is 0.513. The molecule has 74 valence electrons. The Morgan fingerprint density at radius 1 is 1.08 bits per heavy atom. The van der Waals surface area contributed by atoms with Crippen molar-refractivity contribution in [3.05, 3.63) is 0 Å². The molecule has 0 bridgehead atoms. The molecular weight excluding hydrogens is 146 g/mol. The standard InChI is InChI=1S/C8H25B2N2/c1-7(2)11(8(3)4)10-12(5,6)9/h7-8H,10H2,1-6,9H3/q-1. The zero-order chi connectivity index (χ0) is 9.94. The van der Waals surface area contributed by atoms with E-state index in [0.29, 0.717) is 7.98 Å². The van der Waals surface area contributed by atoms with E-state index >= 15 is 0 Å². The van der Waals surface area contributed by atoms with Gasteiger partial charge >= 0.3 is 0 Å². The number of nitrogens with zero attached hydrogens (tertiary/aromatic N) is 2. The van der Waals surface area contributed by atoms with Gasteiger partial charge in [0.2, 0.25) is 7.55 Å². The predicted molar refractivity (Wildman–Crippen MR) is 62.7 cm³/mol. The number of rotatable bonds is 4. The maximum Gasteiger partial charge on any atom is 0.210 e. The molecule has 0 radical (unpaired) electrons. The molecule has 0 N–H and O–H groups in total. The Morgan fingerprint density at radius 3 is 1.50 bits per heavy atom. The van der Waals surface area contributed by atoms with E-state index in [-0.39, 0.29) is 7.55 Å². The first-order chi connectivity index (χ1) is 5.24. The summed E-state index contributed by atoms with van der Waals surface area (Å²) in [6, 6.07) is 1.47. The van der Waals surface area contributed by atoms with Gasteiger partial charge in [0.1, 0.15) is 7.98 Å². The summed E-state index contributed by atoms with van der Waals surface area (Å²) in [5, 5.41) is 0. The maximum atomic E-state index is 2.70. The topological polar surface area (TPSA) is 3.24 Å². The van der Waals surface area contributed by atoms with Crippen LogP contribution >= 0.6 is 0 Å². The molecule has 0 amide bonds. The minimum atomic E-state index is 0.0787. The second-order valence-corrected chi connectivity index (χ2v) is 4.39. The third-order valence-electron chi connectivity index (χ3n) is 2.26. The second kappa shape index (κ2) is 4.33. The Balaban J connectivity index is 4.15. The van der Waals surface area contributed by atoms with Gasteiger partial charge in [-0.3, -0.25) is 0 Å². The lowest BCUT2D eigenvalue weighted by Gasteiger charge is -2.52. The van der Waals surface area contributed by atoms with Gasteiger partial charge in [0, 0.05) is 0 Å². The molecule has 0 fully saturated rings. The van der Waals surface area contributed by atoms with E-state index in [2.05, 4.69) is 46.6 Å². The van der Waals surface area contributed by atoms with Gasteiger partial charge in [-0.2, -0.15) is 0 Å². The maximum absolute atomic E-state index is 2.70. The van der Waals surface area contributed by atoms with Gasteiger partial charge in [-0.1, -0.05) is 27.7 Å². The normalized spacial score (nSPS) is 13.5. The SMILES string of the molecule is [BH3-][N+](C)(C)[BH2-]N(C(C)C)C(C)C. The van der Waals surface area contributed by atoms with E-state index < -0.39 is 0 Å². The van der Waals surface area contributed by atoms with Crippen molar-refractivity contribution in [2.24, 2.45) is 0 Å². The van der Waals surface area contributed by atoms with Crippen LogP contribution in [0, 0.1) is 0 Å². The molecule has 12 heavy (non-hydrogen) atoms. The summed E-state index contributed by atoms with van der Waals surface area (Å²) in [5.41, 5.74) is 0. The molecule has 0 aromatic heterocycles. The number of hydrogen-bond acceptors (Lipinski definition) is 1. The fraction of sp³-hybridized carbons (Fsp3) is 1.00. The Bertz CT molecular complexity index is 122. The molecule has 0 saturated carbocycles. The van der Waals surface area contributed by atoms with Crippen molar-refractivity contribution in [2.75, 3.05) is 14.1 Å². The van der Waals surface area contributed by atoms with Crippen LogP contribution in [0.5, 0.6) is 0 Å². The van der Waals surface area contributed by atoms with E-state index in [1.807, 2.05) is 0 Å². The number of quaternary nitrogens is 1. The van der Waals surface area contributed by atoms with Crippen molar-refractivity contribution in [3.8, 4) is 0 Å². The Morgan fingerprint density at radius 2 is 1.42 bits per heavy atom. The van der Waals surface area contributed by atoms with Crippen LogP contribution < -0.4 is 0 Å². The summed E-state index contributed by atoms with van der Waals surface area (Å²) in [7, 11) is 5.33. The second-order valence-electron chi connectivity index (χ2n) is 4.39. The smallest absolute Gasteiger partial charge is 0.210 e. The average molecular weight is 171 g/mol. The Kier molecular flexibility index (Phi) is 4.35. The zero-order valence-electron chi connectivity index (χ0n) is 9.05. The van der Waals surface area contributed by atoms with E-state index in [1.165, 1.54) is 4.31 Å². The van der Waals surface area contributed by atoms with Crippen LogP contribution in [0.1, 0.15) is 27.7 Å². The average Bonchev–Trinajstić information content (AvgIpc) is 1.79. The van der Waals surface area contributed by atoms with Crippen LogP contribution in [0.15, 0.2) is 0 Å². The first-order valence-electron chi connectivity index (χ1n) is 4.61. The van der Waals surface area contributed by atoms with Gasteiger partial charge in [-0.25, -0.2) is 0 Å². The van der Waals surface area contributed by atoms with Gasteiger partial charge in [0.25, 0.3) is 0 Å². The molecule has 0 rings (SSSR count). The van der Waals surface area contributed by atoms with E-state index in [0.717, 1.165) is 12.1 Å². The van der Waals surface area contributed by atoms with Gasteiger partial charge < -0.3 is 9.12 Å². The molecule has 0 atom stereocenters. The zero-order valence-corrected chi connectivity index (χ0v) is 9.05. The van der Waals surface area contributed by atoms with Gasteiger partial charge in [0.05, 0.1) is 0 Å². The first-order valence-corrected chi connectivity index (χ1v) is 4.61. The highest BCUT2D eigenvalue weighted by Crippen LogP contribution is 2.05. The lowest BCUT2D eigenvalue weighted by Crippen LogP contribution is -2.54. The largest absolute Gasteiger partial charge is 0.725 e. The summed E-state index contributed by atoms with van der Waals surface area (Å²) < 4.78 is 1.39. The molecule has 0 aromatic carbocycles. The third kappa shape index (κ3) is 4.83. The van der Waals surface area contributed by atoms with Gasteiger partial charge in [0.15, 0.2) is 0 Å². The summed E-state index contributed by atoms with van der Waals surface area (Å²) in [5.74, 6) is 0. The molecule has 0 aliphatic rings. The molecule has 0 saturated heterocycles. The van der Waals surface area contributed by atoms with Crippen LogP contribution in [0.2, 0.25) is 0 Å². The molecule has 0 spiro atoms. The highest BCUT2D eigenvalue weighted by Gasteiger charge is 2.11. The van der Waals surface area contributed by atoms with Crippen molar-refractivity contribution >= 4 is 15.5 Å². The molecule has 2 nitrogen and oxygen atoms in total. The lowest BCUT2D eigenvalue weighted by atomic mass is 9.91. The fourth-order valence-electron chi connectivity index (χ4n) is 1.52. The lowest BCUT2D eigenvalue weighted by molar-refractivity contribution is -0.653. The summed E-state index contributed by atoms with van der Waals surface area (Å²) in [6.07, 6.45) is 0. The van der Waals surface area contributed by atoms with Gasteiger partial charge in [-0.05, 0) is 26.2 Å². The Hall–Kier alpha value is 0.0499. The third-order valence-corrected chi connectivity index (χ3v) is 2.26. The van der Waals surface area contributed by atoms with E-state index in [1.54, 1.807) is 0 Å². The molecule has 4 heteroatoms. The molecule has 0 aromatic rings. The molecule has 0 aliphatic carbocycles. The van der Waals surface area contributed by atoms with Crippen LogP contribution in [0.25, 0.3) is 0 Å². The summed E-state index contributed by atoms with van der Waals surface area (Å²) in [4.78, 5) is 2.70. The van der Waals surface area contributed by atoms with Crippen LogP contribution in [-0.2, 0) is 0 Å². The molecule has 0 heterocycles. The fourth-order valence-corrected chi connectivity index (χ4v) is 1.52. The van der Waals surface area contributed by atoms with Crippen LogP contribution in [0.3, 0.4) is 0 Å². The summed E-state index contributed by atoms with van der Waals surface area (Å²) >= 11 is 0. The monoisotopic (exact) mass is 171 g/mol. The van der Waals surface area contributed by atoms with Crippen molar-refractivity contribution in [1.82, 2.24) is 4.81 Å². The predicted octanol–water partition coefficient (Wildman–Crippen LogP) is -0.539. The molecule has 0 unspecified atom stereocenters. The van der Waals surface area contributed by atoms with Crippen LogP contribution in [-0.4, -0.2) is 50.8 Å². The Labute approximate surface area is 79.2 Å². The molecular formula is C8H25B2N2-. The van der Waals surface area contributed by atoms with Crippen molar-refractivity contribution < 1.29 is 4.31 Å². The molecule has 0 aliphatic heterocycles. The highest BCUT2D eigenvalue weighted by atomic mass is 15.3.